The molecule has 0 unspecified atom stereocenters. The topological polar surface area (TPSA) is 113 Å². The molecule has 0 aliphatic carbocycles. The zero-order valence-electron chi connectivity index (χ0n) is 24.6. The third kappa shape index (κ3) is 8.54. The van der Waals surface area contributed by atoms with Gasteiger partial charge in [-0.2, -0.15) is 0 Å². The van der Waals surface area contributed by atoms with E-state index in [1.807, 2.05) is 45.0 Å². The fraction of sp³-hybridized carbons (Fsp3) is 0.273. The van der Waals surface area contributed by atoms with Crippen LogP contribution in [0.4, 0.5) is 0 Å². The summed E-state index contributed by atoms with van der Waals surface area (Å²) in [5.74, 6) is -0.511. The number of nitrogens with one attached hydrogen (secondary N) is 1. The Kier molecular flexibility index (Phi) is 10.0. The summed E-state index contributed by atoms with van der Waals surface area (Å²) in [7, 11) is 2.83. The van der Waals surface area contributed by atoms with Gasteiger partial charge < -0.3 is 24.3 Å². The lowest BCUT2D eigenvalue weighted by Crippen LogP contribution is -2.43. The van der Waals surface area contributed by atoms with Crippen molar-refractivity contribution in [3.05, 3.63) is 99.7 Å². The van der Waals surface area contributed by atoms with E-state index in [9.17, 15) is 14.4 Å². The molecule has 1 N–H and O–H groups in total. The fourth-order valence-corrected chi connectivity index (χ4v) is 4.64. The normalized spacial score (nSPS) is 11.9. The van der Waals surface area contributed by atoms with Gasteiger partial charge in [-0.05, 0) is 80.4 Å². The highest BCUT2D eigenvalue weighted by atomic mass is 79.9. The van der Waals surface area contributed by atoms with Gasteiger partial charge in [-0.3, -0.25) is 4.79 Å². The lowest BCUT2D eigenvalue weighted by molar-refractivity contribution is -0.142. The van der Waals surface area contributed by atoms with Gasteiger partial charge in [0.05, 0.1) is 25.3 Å². The lowest BCUT2D eigenvalue weighted by Gasteiger charge is -2.21. The molecule has 9 nitrogen and oxygen atoms in total. The van der Waals surface area contributed by atoms with Gasteiger partial charge in [-0.15, -0.1) is 0 Å². The Labute approximate surface area is 258 Å². The first-order valence-corrected chi connectivity index (χ1v) is 14.3. The van der Waals surface area contributed by atoms with E-state index in [4.69, 9.17) is 18.9 Å². The zero-order chi connectivity index (χ0) is 31.1. The SMILES string of the molecule is COC(=O)[C@H](Cc1ccc(OC(C)(C)C)cc1)NC(=O)c1cc(C(=O)OCc2ccc(OC)cc2)c2cc(Br)ccc2n1. The average Bonchev–Trinajstić information content (AvgIpc) is 2.99. The van der Waals surface area contributed by atoms with E-state index < -0.39 is 23.9 Å². The Morgan fingerprint density at radius 1 is 0.884 bits per heavy atom. The molecule has 224 valence electrons. The Balaban J connectivity index is 1.56. The number of hydrogen-bond acceptors (Lipinski definition) is 8. The minimum absolute atomic E-state index is 0.0200. The van der Waals surface area contributed by atoms with Crippen LogP contribution in [0, 0.1) is 0 Å². The molecule has 1 atom stereocenters. The molecule has 0 saturated heterocycles. The fourth-order valence-electron chi connectivity index (χ4n) is 4.28. The van der Waals surface area contributed by atoms with E-state index in [0.29, 0.717) is 22.4 Å². The predicted molar refractivity (Wildman–Crippen MR) is 165 cm³/mol. The number of nitrogens with zero attached hydrogens (tertiary/aromatic N) is 1. The van der Waals surface area contributed by atoms with Crippen molar-refractivity contribution in [1.82, 2.24) is 10.3 Å². The summed E-state index contributed by atoms with van der Waals surface area (Å²) in [6.07, 6.45) is 0.172. The lowest BCUT2D eigenvalue weighted by atomic mass is 10.0. The maximum Gasteiger partial charge on any atom is 0.339 e. The molecule has 43 heavy (non-hydrogen) atoms. The summed E-state index contributed by atoms with van der Waals surface area (Å²) < 4.78 is 22.3. The van der Waals surface area contributed by atoms with Crippen LogP contribution in [-0.2, 0) is 27.3 Å². The molecular weight excluding hydrogens is 616 g/mol. The Morgan fingerprint density at radius 2 is 1.53 bits per heavy atom. The highest BCUT2D eigenvalue weighted by Crippen LogP contribution is 2.25. The molecule has 0 saturated carbocycles. The van der Waals surface area contributed by atoms with E-state index in [1.54, 1.807) is 49.6 Å². The van der Waals surface area contributed by atoms with Crippen LogP contribution >= 0.6 is 15.9 Å². The second-order valence-corrected chi connectivity index (χ2v) is 11.7. The summed E-state index contributed by atoms with van der Waals surface area (Å²) in [6, 6.07) is 20.0. The highest BCUT2D eigenvalue weighted by Gasteiger charge is 2.25. The minimum Gasteiger partial charge on any atom is -0.497 e. The third-order valence-corrected chi connectivity index (χ3v) is 6.82. The van der Waals surface area contributed by atoms with Gasteiger partial charge >= 0.3 is 11.9 Å². The van der Waals surface area contributed by atoms with Crippen LogP contribution in [0.5, 0.6) is 11.5 Å². The number of carbonyl (C=O) groups excluding carboxylic acids is 3. The van der Waals surface area contributed by atoms with Gasteiger partial charge in [0, 0.05) is 16.3 Å². The second kappa shape index (κ2) is 13.7. The largest absolute Gasteiger partial charge is 0.497 e. The van der Waals surface area contributed by atoms with Crippen LogP contribution in [0.15, 0.2) is 77.3 Å². The predicted octanol–water partition coefficient (Wildman–Crippen LogP) is 6.05. The molecule has 4 rings (SSSR count). The summed E-state index contributed by atoms with van der Waals surface area (Å²) in [6.45, 7) is 5.88. The average molecular weight is 650 g/mol. The molecule has 1 heterocycles. The summed E-state index contributed by atoms with van der Waals surface area (Å²) in [5, 5.41) is 3.22. The van der Waals surface area contributed by atoms with Crippen molar-refractivity contribution in [2.45, 2.75) is 45.4 Å². The highest BCUT2D eigenvalue weighted by molar-refractivity contribution is 9.10. The number of pyridine rings is 1. The van der Waals surface area contributed by atoms with Crippen molar-refractivity contribution >= 4 is 44.7 Å². The molecule has 4 aromatic rings. The van der Waals surface area contributed by atoms with Crippen LogP contribution in [0.2, 0.25) is 0 Å². The van der Waals surface area contributed by atoms with Gasteiger partial charge in [0.1, 0.15) is 35.4 Å². The van der Waals surface area contributed by atoms with Crippen molar-refractivity contribution in [1.29, 1.82) is 0 Å². The number of methoxy groups -OCH3 is 2. The number of ether oxygens (including phenoxy) is 4. The minimum atomic E-state index is -1.00. The van der Waals surface area contributed by atoms with Crippen LogP contribution in [0.3, 0.4) is 0 Å². The van der Waals surface area contributed by atoms with Gasteiger partial charge in [0.2, 0.25) is 0 Å². The second-order valence-electron chi connectivity index (χ2n) is 10.8. The van der Waals surface area contributed by atoms with Crippen molar-refractivity contribution in [3.63, 3.8) is 0 Å². The van der Waals surface area contributed by atoms with E-state index in [-0.39, 0.29) is 29.9 Å². The molecule has 10 heteroatoms. The number of carbonyl (C=O) groups is 3. The number of fused-ring (bicyclic) bond motifs is 1. The Morgan fingerprint density at radius 3 is 2.16 bits per heavy atom. The van der Waals surface area contributed by atoms with Gasteiger partial charge in [-0.1, -0.05) is 40.2 Å². The molecule has 0 spiro atoms. The quantitative estimate of drug-likeness (QED) is 0.207. The molecule has 1 amide bonds. The summed E-state index contributed by atoms with van der Waals surface area (Å²) in [4.78, 5) is 43.8. The van der Waals surface area contributed by atoms with Gasteiger partial charge in [0.15, 0.2) is 0 Å². The smallest absolute Gasteiger partial charge is 0.339 e. The monoisotopic (exact) mass is 648 g/mol. The van der Waals surface area contributed by atoms with Gasteiger partial charge in [0.25, 0.3) is 5.91 Å². The number of benzene rings is 3. The number of halogens is 1. The summed E-state index contributed by atoms with van der Waals surface area (Å²) in [5.41, 5.74) is 1.73. The number of aromatic nitrogens is 1. The first-order chi connectivity index (χ1) is 20.5. The molecule has 0 fully saturated rings. The Hall–Kier alpha value is -4.44. The third-order valence-electron chi connectivity index (χ3n) is 6.33. The number of rotatable bonds is 10. The maximum atomic E-state index is 13.4. The van der Waals surface area contributed by atoms with Crippen molar-refractivity contribution in [3.8, 4) is 11.5 Å². The van der Waals surface area contributed by atoms with Gasteiger partial charge in [-0.25, -0.2) is 14.6 Å². The summed E-state index contributed by atoms with van der Waals surface area (Å²) >= 11 is 3.43. The van der Waals surface area contributed by atoms with E-state index in [1.165, 1.54) is 13.2 Å². The van der Waals surface area contributed by atoms with Crippen molar-refractivity contribution < 1.29 is 33.3 Å². The number of esters is 2. The first-order valence-electron chi connectivity index (χ1n) is 13.5. The van der Waals surface area contributed by atoms with Crippen molar-refractivity contribution in [2.75, 3.05) is 14.2 Å². The molecular formula is C33H33BrN2O7. The van der Waals surface area contributed by atoms with E-state index in [0.717, 1.165) is 15.6 Å². The number of hydrogen-bond donors (Lipinski definition) is 1. The molecule has 0 radical (unpaired) electrons. The van der Waals surface area contributed by atoms with Crippen LogP contribution in [0.25, 0.3) is 10.9 Å². The van der Waals surface area contributed by atoms with Crippen LogP contribution < -0.4 is 14.8 Å². The Bertz CT molecular complexity index is 1610. The standard InChI is InChI=1S/C33H33BrN2O7/c1-33(2,3)43-24-13-6-20(7-14-24)16-29(32(39)41-5)36-30(37)28-18-26(25-17-22(34)10-15-27(25)35-28)31(38)42-19-21-8-11-23(40-4)12-9-21/h6-15,17-18,29H,16,19H2,1-5H3,(H,36,37)/t29-/m0/s1. The molecule has 0 aliphatic rings. The van der Waals surface area contributed by atoms with Crippen LogP contribution in [0.1, 0.15) is 52.7 Å². The molecule has 0 bridgehead atoms. The van der Waals surface area contributed by atoms with E-state index in [2.05, 4.69) is 26.2 Å². The molecule has 0 aliphatic heterocycles. The maximum absolute atomic E-state index is 13.4. The first kappa shape index (κ1) is 31.5. The van der Waals surface area contributed by atoms with E-state index >= 15 is 0 Å². The van der Waals surface area contributed by atoms with Crippen molar-refractivity contribution in [2.24, 2.45) is 0 Å². The zero-order valence-corrected chi connectivity index (χ0v) is 26.2. The molecule has 1 aromatic heterocycles. The molecule has 3 aromatic carbocycles. The number of amides is 1. The van der Waals surface area contributed by atoms with Crippen LogP contribution in [-0.4, -0.2) is 48.7 Å².